The molecule has 1 saturated carbocycles. The minimum Gasteiger partial charge on any atom is -0.276 e. The summed E-state index contributed by atoms with van der Waals surface area (Å²) in [4.78, 5) is 4.85. The van der Waals surface area contributed by atoms with Crippen LogP contribution in [0.4, 0.5) is 13.2 Å². The first-order valence-electron chi connectivity index (χ1n) is 9.38. The van der Waals surface area contributed by atoms with Crippen molar-refractivity contribution in [2.75, 3.05) is 0 Å². The number of hydrogen-bond donors (Lipinski definition) is 0. The average Bonchev–Trinajstić information content (AvgIpc) is 2.61. The van der Waals surface area contributed by atoms with Crippen LogP contribution in [0.1, 0.15) is 55.7 Å². The summed E-state index contributed by atoms with van der Waals surface area (Å²) in [6.07, 6.45) is -2.63. The molecule has 0 bridgehead atoms. The quantitative estimate of drug-likeness (QED) is 0.476. The fraction of sp³-hybridized carbons (Fsp3) is 0.409. The molecule has 0 saturated heterocycles. The normalized spacial score (nSPS) is 27.0. The first-order chi connectivity index (χ1) is 13.2. The Kier molecular flexibility index (Phi) is 4.79. The standard InChI is InChI=1S/C22H20Cl2F3N/c1-20-11-4-5-12-21(20,13-22(25,26)27)28-19(14-7-2-3-9-16(14)23)18-15(20)8-6-10-17(18)24/h2-3,6-10H,4-5,11-13H2,1H3. The molecule has 2 unspecified atom stereocenters. The summed E-state index contributed by atoms with van der Waals surface area (Å²) in [5.74, 6) is 0. The van der Waals surface area contributed by atoms with Crippen molar-refractivity contribution in [3.05, 3.63) is 69.2 Å². The second-order valence-corrected chi connectivity index (χ2v) is 8.78. The molecule has 2 atom stereocenters. The van der Waals surface area contributed by atoms with Crippen molar-refractivity contribution in [2.45, 2.75) is 56.2 Å². The van der Waals surface area contributed by atoms with Crippen LogP contribution >= 0.6 is 23.2 Å². The number of fused-ring (bicyclic) bond motifs is 3. The van der Waals surface area contributed by atoms with E-state index in [0.717, 1.165) is 18.4 Å². The first kappa shape index (κ1) is 19.8. The van der Waals surface area contributed by atoms with Crippen LogP contribution in [-0.4, -0.2) is 17.4 Å². The molecule has 0 spiro atoms. The van der Waals surface area contributed by atoms with E-state index in [1.807, 2.05) is 25.1 Å². The molecule has 1 fully saturated rings. The smallest absolute Gasteiger partial charge is 0.276 e. The summed E-state index contributed by atoms with van der Waals surface area (Å²) in [7, 11) is 0. The minimum absolute atomic E-state index is 0.392. The van der Waals surface area contributed by atoms with Crippen LogP contribution < -0.4 is 0 Å². The van der Waals surface area contributed by atoms with E-state index in [1.165, 1.54) is 0 Å². The molecule has 2 aliphatic rings. The van der Waals surface area contributed by atoms with E-state index in [4.69, 9.17) is 28.2 Å². The third kappa shape index (κ3) is 3.05. The molecule has 1 heterocycles. The Morgan fingerprint density at radius 3 is 2.36 bits per heavy atom. The number of halogens is 5. The fourth-order valence-electron chi connectivity index (χ4n) is 4.97. The van der Waals surface area contributed by atoms with E-state index < -0.39 is 23.6 Å². The lowest BCUT2D eigenvalue weighted by atomic mass is 9.55. The van der Waals surface area contributed by atoms with E-state index in [-0.39, 0.29) is 0 Å². The third-order valence-electron chi connectivity index (χ3n) is 6.34. The van der Waals surface area contributed by atoms with Crippen LogP contribution in [0.5, 0.6) is 0 Å². The zero-order chi connectivity index (χ0) is 20.2. The Hall–Kier alpha value is -1.52. The molecule has 28 heavy (non-hydrogen) atoms. The molecule has 4 rings (SSSR count). The van der Waals surface area contributed by atoms with Crippen molar-refractivity contribution < 1.29 is 13.2 Å². The molecular weight excluding hydrogens is 406 g/mol. The largest absolute Gasteiger partial charge is 0.391 e. The van der Waals surface area contributed by atoms with E-state index >= 15 is 0 Å². The number of nitrogens with zero attached hydrogens (tertiary/aromatic N) is 1. The summed E-state index contributed by atoms with van der Waals surface area (Å²) < 4.78 is 41.2. The molecule has 2 aromatic rings. The van der Waals surface area contributed by atoms with Crippen LogP contribution in [0.25, 0.3) is 0 Å². The van der Waals surface area contributed by atoms with Crippen LogP contribution in [-0.2, 0) is 5.41 Å². The van der Waals surface area contributed by atoms with E-state index in [0.29, 0.717) is 39.7 Å². The molecule has 0 radical (unpaired) electrons. The molecule has 1 aliphatic heterocycles. The predicted molar refractivity (Wildman–Crippen MR) is 108 cm³/mol. The van der Waals surface area contributed by atoms with Gasteiger partial charge in [0.15, 0.2) is 0 Å². The summed E-state index contributed by atoms with van der Waals surface area (Å²) in [5, 5.41) is 0.942. The number of hydrogen-bond acceptors (Lipinski definition) is 1. The number of aliphatic imine (C=N–C) groups is 1. The van der Waals surface area contributed by atoms with Gasteiger partial charge >= 0.3 is 6.18 Å². The molecule has 6 heteroatoms. The zero-order valence-electron chi connectivity index (χ0n) is 15.4. The Bertz CT molecular complexity index is 953. The van der Waals surface area contributed by atoms with Crippen molar-refractivity contribution in [3.63, 3.8) is 0 Å². The van der Waals surface area contributed by atoms with Gasteiger partial charge in [-0.1, -0.05) is 73.3 Å². The lowest BCUT2D eigenvalue weighted by molar-refractivity contribution is -0.156. The zero-order valence-corrected chi connectivity index (χ0v) is 16.9. The molecule has 0 amide bonds. The summed E-state index contributed by atoms with van der Waals surface area (Å²) >= 11 is 13.0. The Morgan fingerprint density at radius 1 is 0.964 bits per heavy atom. The van der Waals surface area contributed by atoms with Crippen LogP contribution in [0.3, 0.4) is 0 Å². The predicted octanol–water partition coefficient (Wildman–Crippen LogP) is 7.37. The van der Waals surface area contributed by atoms with Gasteiger partial charge in [-0.05, 0) is 30.5 Å². The highest BCUT2D eigenvalue weighted by Gasteiger charge is 2.58. The lowest BCUT2D eigenvalue weighted by Crippen LogP contribution is -2.56. The van der Waals surface area contributed by atoms with Gasteiger partial charge in [0.05, 0.1) is 22.7 Å². The van der Waals surface area contributed by atoms with Crippen LogP contribution in [0.15, 0.2) is 47.5 Å². The van der Waals surface area contributed by atoms with Crippen LogP contribution in [0, 0.1) is 0 Å². The Morgan fingerprint density at radius 2 is 1.64 bits per heavy atom. The second-order valence-electron chi connectivity index (χ2n) is 7.97. The average molecular weight is 426 g/mol. The first-order valence-corrected chi connectivity index (χ1v) is 10.1. The molecule has 148 valence electrons. The van der Waals surface area contributed by atoms with Gasteiger partial charge in [0.1, 0.15) is 0 Å². The van der Waals surface area contributed by atoms with Crippen molar-refractivity contribution >= 4 is 28.9 Å². The van der Waals surface area contributed by atoms with Gasteiger partial charge in [-0.25, -0.2) is 0 Å². The van der Waals surface area contributed by atoms with Gasteiger partial charge in [-0.15, -0.1) is 0 Å². The minimum atomic E-state index is -4.32. The highest BCUT2D eigenvalue weighted by Crippen LogP contribution is 2.57. The van der Waals surface area contributed by atoms with Crippen LogP contribution in [0.2, 0.25) is 10.0 Å². The Labute approximate surface area is 172 Å². The third-order valence-corrected chi connectivity index (χ3v) is 6.98. The molecule has 2 aromatic carbocycles. The number of alkyl halides is 3. The maximum Gasteiger partial charge on any atom is 0.391 e. The SMILES string of the molecule is CC12CCCCC1(CC(F)(F)F)N=C(c1ccccc1Cl)c1c(Cl)cccc12. The molecule has 1 nitrogen and oxygen atoms in total. The van der Waals surface area contributed by atoms with Gasteiger partial charge in [0.2, 0.25) is 0 Å². The van der Waals surface area contributed by atoms with Crippen molar-refractivity contribution in [2.24, 2.45) is 4.99 Å². The highest BCUT2D eigenvalue weighted by atomic mass is 35.5. The van der Waals surface area contributed by atoms with E-state index in [2.05, 4.69) is 0 Å². The Balaban J connectivity index is 2.05. The van der Waals surface area contributed by atoms with Gasteiger partial charge in [0.25, 0.3) is 0 Å². The second kappa shape index (κ2) is 6.77. The van der Waals surface area contributed by atoms with Gasteiger partial charge in [-0.2, -0.15) is 13.2 Å². The topological polar surface area (TPSA) is 12.4 Å². The number of benzene rings is 2. The van der Waals surface area contributed by atoms with E-state index in [1.54, 1.807) is 24.3 Å². The van der Waals surface area contributed by atoms with Crippen molar-refractivity contribution in [1.82, 2.24) is 0 Å². The van der Waals surface area contributed by atoms with E-state index in [9.17, 15) is 13.2 Å². The monoisotopic (exact) mass is 425 g/mol. The van der Waals surface area contributed by atoms with Gasteiger partial charge in [0, 0.05) is 21.6 Å². The highest BCUT2D eigenvalue weighted by molar-refractivity contribution is 6.39. The van der Waals surface area contributed by atoms with Crippen molar-refractivity contribution in [1.29, 1.82) is 0 Å². The number of rotatable bonds is 2. The summed E-state index contributed by atoms with van der Waals surface area (Å²) in [6, 6.07) is 12.6. The van der Waals surface area contributed by atoms with Gasteiger partial charge < -0.3 is 0 Å². The molecule has 0 aromatic heterocycles. The summed E-state index contributed by atoms with van der Waals surface area (Å²) in [5.41, 5.74) is 0.650. The van der Waals surface area contributed by atoms with Crippen molar-refractivity contribution in [3.8, 4) is 0 Å². The van der Waals surface area contributed by atoms with Gasteiger partial charge in [-0.3, -0.25) is 4.99 Å². The maximum atomic E-state index is 13.7. The lowest BCUT2D eigenvalue weighted by Gasteiger charge is -2.53. The molecule has 1 aliphatic carbocycles. The molecule has 0 N–H and O–H groups in total. The maximum absolute atomic E-state index is 13.7. The fourth-order valence-corrected chi connectivity index (χ4v) is 5.46. The summed E-state index contributed by atoms with van der Waals surface area (Å²) in [6.45, 7) is 1.92. The molecular formula is C22H20Cl2F3N.